The molecule has 2 heterocycles. The van der Waals surface area contributed by atoms with Crippen LogP contribution in [0, 0.1) is 0 Å². The number of unbranched alkanes of at least 4 members (excludes halogenated alkanes) is 11. The van der Waals surface area contributed by atoms with E-state index < -0.39 is 5.97 Å². The molecule has 46 heavy (non-hydrogen) atoms. The first-order valence-electron chi connectivity index (χ1n) is 17.4. The van der Waals surface area contributed by atoms with Crippen LogP contribution in [0.4, 0.5) is 0 Å². The zero-order valence-corrected chi connectivity index (χ0v) is 27.2. The largest absolute Gasteiger partial charge is 0.481 e. The van der Waals surface area contributed by atoms with Crippen molar-refractivity contribution >= 4 is 27.6 Å². The van der Waals surface area contributed by atoms with Crippen LogP contribution in [0.2, 0.25) is 0 Å². The number of allylic oxidation sites excluding steroid dienone is 2. The van der Waals surface area contributed by atoms with E-state index in [1.807, 2.05) is 30.7 Å². The zero-order valence-electron chi connectivity index (χ0n) is 27.2. The molecular weight excluding hydrogens is 564 g/mol. The van der Waals surface area contributed by atoms with Gasteiger partial charge in [0.25, 0.3) is 0 Å². The van der Waals surface area contributed by atoms with Crippen molar-refractivity contribution < 1.29 is 9.90 Å². The van der Waals surface area contributed by atoms with Crippen LogP contribution < -0.4 is 0 Å². The van der Waals surface area contributed by atoms with Gasteiger partial charge in [-0.3, -0.25) is 14.8 Å². The fourth-order valence-corrected chi connectivity index (χ4v) is 6.50. The van der Waals surface area contributed by atoms with E-state index in [4.69, 9.17) is 10.1 Å². The topological polar surface area (TPSA) is 63.1 Å². The first kappa shape index (κ1) is 33.1. The maximum absolute atomic E-state index is 10.5. The number of benzene rings is 3. The molecule has 0 amide bonds. The molecule has 0 aliphatic heterocycles. The minimum absolute atomic E-state index is 0.310. The standard InChI is InChI=1S/C42H48N2O2/c45-40(46)24-15-13-11-9-7-5-3-1-2-4-6-8-10-12-14-19-33-25-27-38(39-28-26-34-22-18-30-44-42(34)41(33)39)36-21-16-20-35(31-36)37-23-17-29-43-32-37/h1,3,16-18,20-23,25-32H,2,4-15,19,24H2,(H,45,46)/b3-1-. The van der Waals surface area contributed by atoms with Crippen LogP contribution in [0.1, 0.15) is 95.5 Å². The first-order chi connectivity index (χ1) is 22.7. The fourth-order valence-electron chi connectivity index (χ4n) is 6.50. The molecule has 0 aliphatic rings. The number of fused-ring (bicyclic) bond motifs is 3. The van der Waals surface area contributed by atoms with Gasteiger partial charge in [0.1, 0.15) is 0 Å². The van der Waals surface area contributed by atoms with Gasteiger partial charge in [-0.2, -0.15) is 0 Å². The summed E-state index contributed by atoms with van der Waals surface area (Å²) in [5, 5.41) is 12.5. The molecule has 2 aromatic heterocycles. The average Bonchev–Trinajstić information content (AvgIpc) is 3.09. The number of carbonyl (C=O) groups is 1. The van der Waals surface area contributed by atoms with Gasteiger partial charge in [0, 0.05) is 41.3 Å². The van der Waals surface area contributed by atoms with E-state index in [-0.39, 0.29) is 0 Å². The summed E-state index contributed by atoms with van der Waals surface area (Å²) in [6, 6.07) is 26.2. The van der Waals surface area contributed by atoms with E-state index in [0.717, 1.165) is 43.2 Å². The minimum atomic E-state index is -0.676. The van der Waals surface area contributed by atoms with Crippen molar-refractivity contribution in [3.63, 3.8) is 0 Å². The molecule has 0 fully saturated rings. The summed E-state index contributed by atoms with van der Waals surface area (Å²) in [5.74, 6) is -0.676. The fraction of sp³-hybridized carbons (Fsp3) is 0.357. The number of rotatable bonds is 19. The summed E-state index contributed by atoms with van der Waals surface area (Å²) in [5.41, 5.74) is 7.27. The molecule has 5 aromatic rings. The molecule has 3 aromatic carbocycles. The molecule has 0 radical (unpaired) electrons. The highest BCUT2D eigenvalue weighted by Gasteiger charge is 2.13. The number of carboxylic acid groups (broad SMARTS) is 1. The van der Waals surface area contributed by atoms with Gasteiger partial charge in [-0.15, -0.1) is 0 Å². The number of pyridine rings is 2. The highest BCUT2D eigenvalue weighted by atomic mass is 16.4. The molecule has 4 nitrogen and oxygen atoms in total. The van der Waals surface area contributed by atoms with E-state index in [9.17, 15) is 4.79 Å². The molecule has 0 aliphatic carbocycles. The molecule has 0 saturated carbocycles. The van der Waals surface area contributed by atoms with E-state index in [1.54, 1.807) is 0 Å². The molecule has 0 unspecified atom stereocenters. The molecule has 0 bridgehead atoms. The Bertz CT molecular complexity index is 1710. The minimum Gasteiger partial charge on any atom is -0.481 e. The Balaban J connectivity index is 1.11. The van der Waals surface area contributed by atoms with Crippen LogP contribution in [0.15, 0.2) is 104 Å². The Hall–Kier alpha value is -4.31. The third-order valence-electron chi connectivity index (χ3n) is 9.00. The summed E-state index contributed by atoms with van der Waals surface area (Å²) >= 11 is 0. The number of aryl methyl sites for hydroxylation is 1. The van der Waals surface area contributed by atoms with Gasteiger partial charge in [0.05, 0.1) is 5.52 Å². The van der Waals surface area contributed by atoms with Crippen LogP contribution in [-0.2, 0) is 11.2 Å². The number of hydrogen-bond acceptors (Lipinski definition) is 3. The predicted octanol–water partition coefficient (Wildman–Crippen LogP) is 11.8. The van der Waals surface area contributed by atoms with E-state index in [0.29, 0.717) is 6.42 Å². The summed E-state index contributed by atoms with van der Waals surface area (Å²) < 4.78 is 0. The average molecular weight is 613 g/mol. The van der Waals surface area contributed by atoms with Crippen molar-refractivity contribution in [2.45, 2.75) is 96.3 Å². The smallest absolute Gasteiger partial charge is 0.303 e. The van der Waals surface area contributed by atoms with Gasteiger partial charge in [0.15, 0.2) is 0 Å². The van der Waals surface area contributed by atoms with E-state index >= 15 is 0 Å². The van der Waals surface area contributed by atoms with Gasteiger partial charge in [-0.05, 0) is 90.8 Å². The van der Waals surface area contributed by atoms with Crippen LogP contribution in [0.5, 0.6) is 0 Å². The second-order valence-electron chi connectivity index (χ2n) is 12.5. The molecule has 4 heteroatoms. The molecular formula is C42H48N2O2. The summed E-state index contributed by atoms with van der Waals surface area (Å²) in [6.07, 6.45) is 27.1. The maximum Gasteiger partial charge on any atom is 0.303 e. The summed E-state index contributed by atoms with van der Waals surface area (Å²) in [6.45, 7) is 0. The van der Waals surface area contributed by atoms with Gasteiger partial charge in [-0.1, -0.05) is 112 Å². The Morgan fingerprint density at radius 2 is 1.35 bits per heavy atom. The quantitative estimate of drug-likeness (QED) is 0.0572. The maximum atomic E-state index is 10.5. The molecule has 238 valence electrons. The Labute approximate surface area is 274 Å². The van der Waals surface area contributed by atoms with Crippen LogP contribution in [0.3, 0.4) is 0 Å². The third-order valence-corrected chi connectivity index (χ3v) is 9.00. The number of carboxylic acids is 1. The number of aromatic nitrogens is 2. The number of hydrogen-bond donors (Lipinski definition) is 1. The van der Waals surface area contributed by atoms with Crippen LogP contribution in [-0.4, -0.2) is 21.0 Å². The Kier molecular flexibility index (Phi) is 12.9. The van der Waals surface area contributed by atoms with Crippen molar-refractivity contribution in [3.8, 4) is 22.3 Å². The van der Waals surface area contributed by atoms with E-state index in [2.05, 4.69) is 77.8 Å². The lowest BCUT2D eigenvalue weighted by Gasteiger charge is -2.15. The Morgan fingerprint density at radius 3 is 2.11 bits per heavy atom. The van der Waals surface area contributed by atoms with Crippen LogP contribution in [0.25, 0.3) is 43.9 Å². The van der Waals surface area contributed by atoms with Crippen LogP contribution >= 0.6 is 0 Å². The molecule has 0 atom stereocenters. The van der Waals surface area contributed by atoms with Crippen molar-refractivity contribution in [2.75, 3.05) is 0 Å². The van der Waals surface area contributed by atoms with E-state index in [1.165, 1.54) is 96.2 Å². The lowest BCUT2D eigenvalue weighted by Crippen LogP contribution is -1.93. The normalized spacial score (nSPS) is 11.6. The van der Waals surface area contributed by atoms with Crippen molar-refractivity contribution in [1.82, 2.24) is 9.97 Å². The molecule has 5 rings (SSSR count). The van der Waals surface area contributed by atoms with Crippen molar-refractivity contribution in [2.24, 2.45) is 0 Å². The monoisotopic (exact) mass is 612 g/mol. The van der Waals surface area contributed by atoms with Crippen molar-refractivity contribution in [3.05, 3.63) is 109 Å². The first-order valence-corrected chi connectivity index (χ1v) is 17.4. The van der Waals surface area contributed by atoms with Gasteiger partial charge >= 0.3 is 5.97 Å². The molecule has 0 saturated heterocycles. The van der Waals surface area contributed by atoms with Crippen molar-refractivity contribution in [1.29, 1.82) is 0 Å². The predicted molar refractivity (Wildman–Crippen MR) is 193 cm³/mol. The Morgan fingerprint density at radius 1 is 0.652 bits per heavy atom. The summed E-state index contributed by atoms with van der Waals surface area (Å²) in [4.78, 5) is 19.7. The zero-order chi connectivity index (χ0) is 31.8. The second kappa shape index (κ2) is 18.0. The third kappa shape index (κ3) is 9.59. The molecule has 1 N–H and O–H groups in total. The lowest BCUT2D eigenvalue weighted by molar-refractivity contribution is -0.137. The highest BCUT2D eigenvalue weighted by molar-refractivity contribution is 6.12. The molecule has 0 spiro atoms. The van der Waals surface area contributed by atoms with Gasteiger partial charge in [-0.25, -0.2) is 0 Å². The number of nitrogens with zero attached hydrogens (tertiary/aromatic N) is 2. The number of aliphatic carboxylic acids is 1. The van der Waals surface area contributed by atoms with Gasteiger partial charge in [0.2, 0.25) is 0 Å². The highest BCUT2D eigenvalue weighted by Crippen LogP contribution is 2.36. The SMILES string of the molecule is O=C(O)CCCCCCC/C=C\CCCCCCCCc1ccc(-c2cccc(-c3cccnc3)c2)c2ccc3cccnc3c12. The summed E-state index contributed by atoms with van der Waals surface area (Å²) in [7, 11) is 0. The lowest BCUT2D eigenvalue weighted by atomic mass is 9.90. The second-order valence-corrected chi connectivity index (χ2v) is 12.5. The van der Waals surface area contributed by atoms with Gasteiger partial charge < -0.3 is 5.11 Å².